The van der Waals surface area contributed by atoms with E-state index >= 15 is 0 Å². The lowest BCUT2D eigenvalue weighted by Crippen LogP contribution is -1.97. The van der Waals surface area contributed by atoms with E-state index in [1.54, 1.807) is 48.5 Å². The Hall–Kier alpha value is -8.96. The maximum atomic E-state index is 12.6. The Bertz CT molecular complexity index is 4500. The van der Waals surface area contributed by atoms with Gasteiger partial charge in [0, 0.05) is 66.1 Å². The molecule has 0 amide bonds. The van der Waals surface area contributed by atoms with Crippen molar-refractivity contribution in [1.29, 1.82) is 0 Å². The van der Waals surface area contributed by atoms with Crippen LogP contribution in [0.15, 0.2) is 214 Å². The molecule has 2 aliphatic heterocycles. The Morgan fingerprint density at radius 1 is 0.263 bits per heavy atom. The summed E-state index contributed by atoms with van der Waals surface area (Å²) in [5.74, 6) is 0. The molecule has 8 aromatic carbocycles. The molecule has 80 heavy (non-hydrogen) atoms. The predicted molar refractivity (Wildman–Crippen MR) is 306 cm³/mol. The van der Waals surface area contributed by atoms with E-state index in [0.717, 1.165) is 0 Å². The fourth-order valence-corrected chi connectivity index (χ4v) is 12.9. The van der Waals surface area contributed by atoms with Crippen LogP contribution in [0.25, 0.3) is 133 Å². The van der Waals surface area contributed by atoms with Crippen LogP contribution in [-0.4, -0.2) is 71.8 Å². The molecule has 4 heterocycles. The molecule has 20 heteroatoms. The van der Waals surface area contributed by atoms with Crippen LogP contribution in [-0.2, 0) is 40.5 Å². The second-order valence-electron chi connectivity index (χ2n) is 19.0. The lowest BCUT2D eigenvalue weighted by Gasteiger charge is -2.09. The standard InChI is InChI=1S/C60H38N4O12S4/c65-77(66,67)37-25-17-33(18-26-37)49-53-41-9-1-2-10-42(41)54(61-53)50(34-19-27-38(28-20-34)78(68,69)70)56-45-13-5-6-14-46(45)58(63-56)52(36-23-31-40(32-24-36)80(74,75)76)60-48-16-8-7-15-47(48)59(64-60)51(35-21-29-39(30-22-35)79(71,72)73)57-44-12-4-3-11-43(44)55(49)62-57/h1-32,61,64H,(H,65,66,67)(H,68,69,70)(H,71,72,73)(H,74,75,76). The molecule has 0 spiro atoms. The van der Waals surface area contributed by atoms with Gasteiger partial charge in [-0.15, -0.1) is 0 Å². The Morgan fingerprint density at radius 3 is 0.637 bits per heavy atom. The molecule has 0 fully saturated rings. The monoisotopic (exact) mass is 1130 g/mol. The van der Waals surface area contributed by atoms with Gasteiger partial charge >= 0.3 is 0 Å². The largest absolute Gasteiger partial charge is 0.353 e. The number of hydrogen-bond donors (Lipinski definition) is 6. The summed E-state index contributed by atoms with van der Waals surface area (Å²) in [7, 11) is -18.6. The van der Waals surface area contributed by atoms with Crippen molar-refractivity contribution in [3.8, 4) is 89.5 Å². The minimum Gasteiger partial charge on any atom is -0.353 e. The highest BCUT2D eigenvalue weighted by Crippen LogP contribution is 2.52. The molecule has 0 saturated carbocycles. The lowest BCUT2D eigenvalue weighted by molar-refractivity contribution is 0.481. The lowest BCUT2D eigenvalue weighted by atomic mass is 9.93. The first kappa shape index (κ1) is 50.5. The van der Waals surface area contributed by atoms with Gasteiger partial charge in [-0.05, 0) is 70.8 Å². The third-order valence-electron chi connectivity index (χ3n) is 14.5. The van der Waals surface area contributed by atoms with Crippen LogP contribution in [0.1, 0.15) is 0 Å². The Morgan fingerprint density at radius 2 is 0.450 bits per heavy atom. The van der Waals surface area contributed by atoms with Crippen molar-refractivity contribution in [3.05, 3.63) is 194 Å². The van der Waals surface area contributed by atoms with E-state index in [1.807, 2.05) is 97.1 Å². The number of nitrogens with one attached hydrogen (secondary N) is 2. The molecule has 10 aromatic rings. The average molecular weight is 1140 g/mol. The number of H-pyrrole nitrogens is 2. The SMILES string of the molecule is O=S(=O)(O)c1ccc(-c2c3nc(c(-c4ccc(S(=O)(=O)O)cc4)c4[nH]c(c(-c5ccc(S(=O)(=O)O)cc5)c5nc(c(-c6ccc(S(=O)(=O)O)cc6)c6[nH]c2c2ccccc62)-c2ccccc2-5)c2ccccc42)-c2ccccc2-3)cc1. The van der Waals surface area contributed by atoms with Gasteiger partial charge in [0.05, 0.1) is 64.4 Å². The van der Waals surface area contributed by atoms with Crippen LogP contribution < -0.4 is 0 Å². The number of benzene rings is 8. The van der Waals surface area contributed by atoms with E-state index in [2.05, 4.69) is 9.97 Å². The number of rotatable bonds is 8. The topological polar surface area (TPSA) is 275 Å². The summed E-state index contributed by atoms with van der Waals surface area (Å²) in [5.41, 5.74) is 9.96. The second kappa shape index (κ2) is 18.3. The number of nitrogens with zero attached hydrogens (tertiary/aromatic N) is 2. The van der Waals surface area contributed by atoms with Gasteiger partial charge in [0.2, 0.25) is 0 Å². The molecule has 0 atom stereocenters. The van der Waals surface area contributed by atoms with Gasteiger partial charge in [0.1, 0.15) is 0 Å². The van der Waals surface area contributed by atoms with Crippen molar-refractivity contribution >= 4 is 84.1 Å². The molecule has 3 aliphatic rings. The van der Waals surface area contributed by atoms with Crippen LogP contribution in [0.5, 0.6) is 0 Å². The molecule has 0 radical (unpaired) electrons. The predicted octanol–water partition coefficient (Wildman–Crippen LogP) is 12.9. The summed E-state index contributed by atoms with van der Waals surface area (Å²) in [6.07, 6.45) is 0. The van der Waals surface area contributed by atoms with Crippen LogP contribution in [0.2, 0.25) is 0 Å². The zero-order valence-electron chi connectivity index (χ0n) is 41.1. The Balaban J connectivity index is 1.35. The van der Waals surface area contributed by atoms with Crippen molar-refractivity contribution in [2.75, 3.05) is 0 Å². The van der Waals surface area contributed by atoms with E-state index in [-0.39, 0.29) is 19.6 Å². The van der Waals surface area contributed by atoms with E-state index < -0.39 is 40.5 Å². The Labute approximate surface area is 456 Å². The van der Waals surface area contributed by atoms with Crippen LogP contribution >= 0.6 is 0 Å². The molecule has 13 rings (SSSR count). The summed E-state index contributed by atoms with van der Waals surface area (Å²) in [6.45, 7) is 0. The third-order valence-corrected chi connectivity index (χ3v) is 17.9. The van der Waals surface area contributed by atoms with Crippen molar-refractivity contribution < 1.29 is 51.9 Å². The van der Waals surface area contributed by atoms with E-state index in [1.165, 1.54) is 48.5 Å². The molecule has 0 unspecified atom stereocenters. The first-order chi connectivity index (χ1) is 38.2. The summed E-state index contributed by atoms with van der Waals surface area (Å²) in [4.78, 5) is 17.3. The zero-order chi connectivity index (χ0) is 55.6. The molecule has 8 bridgehead atoms. The molecular weight excluding hydrogens is 1100 g/mol. The first-order valence-electron chi connectivity index (χ1n) is 24.4. The van der Waals surface area contributed by atoms with Gasteiger partial charge in [0.15, 0.2) is 0 Å². The highest BCUT2D eigenvalue weighted by Gasteiger charge is 2.31. The van der Waals surface area contributed by atoms with Crippen molar-refractivity contribution in [2.24, 2.45) is 0 Å². The molecule has 2 aromatic heterocycles. The van der Waals surface area contributed by atoms with Gasteiger partial charge in [-0.2, -0.15) is 33.7 Å². The normalized spacial score (nSPS) is 12.7. The summed E-state index contributed by atoms with van der Waals surface area (Å²) < 4.78 is 141. The fraction of sp³-hybridized carbons (Fsp3) is 0. The van der Waals surface area contributed by atoms with Gasteiger partial charge in [-0.25, -0.2) is 9.97 Å². The molecular formula is C60H38N4O12S4. The number of aromatic nitrogens is 4. The molecule has 6 N–H and O–H groups in total. The van der Waals surface area contributed by atoms with Crippen molar-refractivity contribution in [1.82, 2.24) is 19.9 Å². The van der Waals surface area contributed by atoms with Gasteiger partial charge < -0.3 is 9.97 Å². The smallest absolute Gasteiger partial charge is 0.294 e. The summed E-state index contributed by atoms with van der Waals surface area (Å²) >= 11 is 0. The number of hydrogen-bond acceptors (Lipinski definition) is 10. The molecule has 394 valence electrons. The van der Waals surface area contributed by atoms with Crippen molar-refractivity contribution in [3.63, 3.8) is 0 Å². The van der Waals surface area contributed by atoms with Gasteiger partial charge in [0.25, 0.3) is 40.5 Å². The second-order valence-corrected chi connectivity index (χ2v) is 24.7. The van der Waals surface area contributed by atoms with Gasteiger partial charge in [-0.3, -0.25) is 18.2 Å². The highest BCUT2D eigenvalue weighted by molar-refractivity contribution is 7.86. The zero-order valence-corrected chi connectivity index (χ0v) is 44.3. The maximum absolute atomic E-state index is 12.6. The fourth-order valence-electron chi connectivity index (χ4n) is 10.9. The average Bonchev–Trinajstić information content (AvgIpc) is 4.26. The quantitative estimate of drug-likeness (QED) is 0.0772. The van der Waals surface area contributed by atoms with E-state index in [9.17, 15) is 51.9 Å². The molecule has 16 nitrogen and oxygen atoms in total. The third kappa shape index (κ3) is 8.40. The minimum atomic E-state index is -4.65. The van der Waals surface area contributed by atoms with E-state index in [0.29, 0.717) is 133 Å². The van der Waals surface area contributed by atoms with E-state index in [4.69, 9.17) is 9.97 Å². The summed E-state index contributed by atoms with van der Waals surface area (Å²) in [6, 6.07) is 52.8. The van der Waals surface area contributed by atoms with Crippen molar-refractivity contribution in [2.45, 2.75) is 19.6 Å². The molecule has 1 aliphatic carbocycles. The highest BCUT2D eigenvalue weighted by atomic mass is 32.2. The first-order valence-corrected chi connectivity index (χ1v) is 30.1. The van der Waals surface area contributed by atoms with Gasteiger partial charge in [-0.1, -0.05) is 146 Å². The Kier molecular flexibility index (Phi) is 11.6. The minimum absolute atomic E-state index is 0.356. The van der Waals surface area contributed by atoms with Crippen LogP contribution in [0, 0.1) is 0 Å². The summed E-state index contributed by atoms with van der Waals surface area (Å²) in [5, 5.41) is 2.64. The van der Waals surface area contributed by atoms with Crippen LogP contribution in [0.4, 0.5) is 0 Å². The number of aromatic amines is 2. The molecule has 0 saturated heterocycles. The van der Waals surface area contributed by atoms with Crippen LogP contribution in [0.3, 0.4) is 0 Å². The maximum Gasteiger partial charge on any atom is 0.294 e.